The fraction of sp³-hybridized carbons (Fsp3) is 0.450. The highest BCUT2D eigenvalue weighted by Crippen LogP contribution is 2.28. The minimum absolute atomic E-state index is 0.0775. The summed E-state index contributed by atoms with van der Waals surface area (Å²) >= 11 is 0. The number of alkyl halides is 3. The summed E-state index contributed by atoms with van der Waals surface area (Å²) in [6.07, 6.45) is -3.43. The Bertz CT molecular complexity index is 883. The molecule has 0 atom stereocenters. The van der Waals surface area contributed by atoms with Crippen LogP contribution in [0.1, 0.15) is 12.6 Å². The number of hydrogen-bond acceptors (Lipinski definition) is 6. The van der Waals surface area contributed by atoms with Gasteiger partial charge in [-0.2, -0.15) is 13.2 Å². The average Bonchev–Trinajstić information content (AvgIpc) is 2.76. The molecule has 8 nitrogen and oxygen atoms in total. The first-order valence-electron chi connectivity index (χ1n) is 10.1. The molecule has 0 saturated carbocycles. The number of nitrogens with one attached hydrogen (secondary N) is 2. The van der Waals surface area contributed by atoms with Crippen molar-refractivity contribution in [1.29, 1.82) is 0 Å². The summed E-state index contributed by atoms with van der Waals surface area (Å²) in [6.45, 7) is 6.24. The summed E-state index contributed by atoms with van der Waals surface area (Å²) in [5.41, 5.74) is -0.168. The third-order valence-corrected chi connectivity index (χ3v) is 4.74. The summed E-state index contributed by atoms with van der Waals surface area (Å²) < 4.78 is 38.2. The molecule has 3 N–H and O–H groups in total. The molecule has 1 aromatic carbocycles. The molecule has 0 spiro atoms. The zero-order chi connectivity index (χ0) is 22.3. The van der Waals surface area contributed by atoms with Crippen LogP contribution >= 0.6 is 0 Å². The lowest BCUT2D eigenvalue weighted by atomic mass is 10.2. The third-order valence-electron chi connectivity index (χ3n) is 4.74. The predicted molar refractivity (Wildman–Crippen MR) is 113 cm³/mol. The first kappa shape index (κ1) is 22.4. The molecule has 11 heteroatoms. The van der Waals surface area contributed by atoms with Crippen molar-refractivity contribution >= 4 is 17.6 Å². The monoisotopic (exact) mass is 437 g/mol. The highest BCUT2D eigenvalue weighted by molar-refractivity contribution is 5.80. The Morgan fingerprint density at radius 3 is 2.58 bits per heavy atom. The zero-order valence-corrected chi connectivity index (χ0v) is 17.2. The van der Waals surface area contributed by atoms with Crippen LogP contribution < -0.4 is 15.5 Å². The number of aromatic nitrogens is 2. The normalized spacial score (nSPS) is 15.2. The van der Waals surface area contributed by atoms with Crippen LogP contribution in [0, 0.1) is 0 Å². The number of guanidine groups is 1. The molecule has 2 heterocycles. The molecule has 1 aliphatic heterocycles. The summed E-state index contributed by atoms with van der Waals surface area (Å²) in [5, 5.41) is 16.1. The summed E-state index contributed by atoms with van der Waals surface area (Å²) in [4.78, 5) is 16.1. The first-order valence-corrected chi connectivity index (χ1v) is 10.1. The number of para-hydroxylation sites is 2. The minimum atomic E-state index is -4.51. The van der Waals surface area contributed by atoms with Gasteiger partial charge in [-0.3, -0.25) is 4.99 Å². The molecule has 1 aromatic heterocycles. The maximum Gasteiger partial charge on any atom is 0.433 e. The Morgan fingerprint density at radius 2 is 1.90 bits per heavy atom. The minimum Gasteiger partial charge on any atom is -0.506 e. The van der Waals surface area contributed by atoms with Crippen LogP contribution in [0.2, 0.25) is 0 Å². The van der Waals surface area contributed by atoms with E-state index in [1.54, 1.807) is 12.1 Å². The predicted octanol–water partition coefficient (Wildman–Crippen LogP) is 2.40. The quantitative estimate of drug-likeness (QED) is 0.363. The lowest BCUT2D eigenvalue weighted by molar-refractivity contribution is -0.141. The first-order chi connectivity index (χ1) is 14.9. The van der Waals surface area contributed by atoms with Crippen molar-refractivity contribution in [2.45, 2.75) is 13.1 Å². The molecule has 0 bridgehead atoms. The van der Waals surface area contributed by atoms with Crippen LogP contribution in [0.4, 0.5) is 24.8 Å². The van der Waals surface area contributed by atoms with Crippen LogP contribution in [-0.2, 0) is 6.18 Å². The number of nitrogens with zero attached hydrogens (tertiary/aromatic N) is 5. The van der Waals surface area contributed by atoms with Crippen LogP contribution in [0.3, 0.4) is 0 Å². The largest absolute Gasteiger partial charge is 0.506 e. The van der Waals surface area contributed by atoms with Crippen molar-refractivity contribution in [2.24, 2.45) is 4.99 Å². The number of phenols is 1. The second-order valence-electron chi connectivity index (χ2n) is 6.89. The molecule has 0 radical (unpaired) electrons. The highest BCUT2D eigenvalue weighted by Gasteiger charge is 2.32. The number of aliphatic imine (C=N–C) groups is 1. The standard InChI is InChI=1S/C20H26F3N7O/c1-2-24-19(27-10-9-26-18-25-8-7-17(28-18)20(21,22)23)30-13-11-29(12-14-30)15-5-3-4-6-16(15)31/h3-8,31H,2,9-14H2,1H3,(H,24,27)(H,25,26,28). The van der Waals surface area contributed by atoms with Crippen molar-refractivity contribution in [3.63, 3.8) is 0 Å². The SMILES string of the molecule is CCNC(=NCCNc1nccc(C(F)(F)F)n1)N1CCN(c2ccccc2O)CC1. The van der Waals surface area contributed by atoms with E-state index in [4.69, 9.17) is 0 Å². The summed E-state index contributed by atoms with van der Waals surface area (Å²) in [6, 6.07) is 8.10. The molecule has 1 saturated heterocycles. The maximum atomic E-state index is 12.7. The molecule has 0 unspecified atom stereocenters. The number of phenolic OH excluding ortho intramolecular Hbond substituents is 1. The van der Waals surface area contributed by atoms with E-state index in [1.807, 2.05) is 19.1 Å². The smallest absolute Gasteiger partial charge is 0.433 e. The number of rotatable bonds is 6. The summed E-state index contributed by atoms with van der Waals surface area (Å²) in [5.74, 6) is 0.928. The average molecular weight is 437 g/mol. The van der Waals surface area contributed by atoms with Gasteiger partial charge in [0.2, 0.25) is 5.95 Å². The Balaban J connectivity index is 1.53. The second kappa shape index (κ2) is 10.2. The van der Waals surface area contributed by atoms with Crippen LogP contribution in [0.5, 0.6) is 5.75 Å². The fourth-order valence-corrected chi connectivity index (χ4v) is 3.25. The molecule has 31 heavy (non-hydrogen) atoms. The number of hydrogen-bond donors (Lipinski definition) is 3. The van der Waals surface area contributed by atoms with Crippen molar-refractivity contribution in [2.75, 3.05) is 56.0 Å². The van der Waals surface area contributed by atoms with Gasteiger partial charge in [-0.05, 0) is 25.1 Å². The molecule has 1 aliphatic rings. The summed E-state index contributed by atoms with van der Waals surface area (Å²) in [7, 11) is 0. The van der Waals surface area contributed by atoms with E-state index < -0.39 is 11.9 Å². The van der Waals surface area contributed by atoms with Gasteiger partial charge in [0.1, 0.15) is 11.4 Å². The van der Waals surface area contributed by atoms with E-state index >= 15 is 0 Å². The number of benzene rings is 1. The third kappa shape index (κ3) is 6.12. The Labute approximate surface area is 178 Å². The fourth-order valence-electron chi connectivity index (χ4n) is 3.25. The molecule has 1 fully saturated rings. The van der Waals surface area contributed by atoms with Gasteiger partial charge in [-0.25, -0.2) is 9.97 Å². The van der Waals surface area contributed by atoms with Gasteiger partial charge < -0.3 is 25.5 Å². The zero-order valence-electron chi connectivity index (χ0n) is 17.2. The van der Waals surface area contributed by atoms with Crippen LogP contribution in [0.25, 0.3) is 0 Å². The molecular formula is C20H26F3N7O. The van der Waals surface area contributed by atoms with Crippen LogP contribution in [-0.4, -0.2) is 71.7 Å². The lowest BCUT2D eigenvalue weighted by Gasteiger charge is -2.37. The van der Waals surface area contributed by atoms with Crippen molar-refractivity contribution in [3.05, 3.63) is 42.2 Å². The topological polar surface area (TPSA) is 88.9 Å². The number of anilines is 2. The van der Waals surface area contributed by atoms with Gasteiger partial charge in [0.15, 0.2) is 5.96 Å². The van der Waals surface area contributed by atoms with Gasteiger partial charge in [0, 0.05) is 45.5 Å². The van der Waals surface area contributed by atoms with E-state index in [-0.39, 0.29) is 11.7 Å². The van der Waals surface area contributed by atoms with Crippen molar-refractivity contribution in [1.82, 2.24) is 20.2 Å². The number of halogens is 3. The van der Waals surface area contributed by atoms with Crippen molar-refractivity contribution < 1.29 is 18.3 Å². The van der Waals surface area contributed by atoms with E-state index in [2.05, 4.69) is 35.4 Å². The molecule has 0 amide bonds. The van der Waals surface area contributed by atoms with E-state index in [9.17, 15) is 18.3 Å². The van der Waals surface area contributed by atoms with Gasteiger partial charge in [-0.15, -0.1) is 0 Å². The van der Waals surface area contributed by atoms with Gasteiger partial charge in [0.25, 0.3) is 0 Å². The number of piperazine rings is 1. The molecule has 3 rings (SSSR count). The Hall–Kier alpha value is -3.24. The van der Waals surface area contributed by atoms with Crippen LogP contribution in [0.15, 0.2) is 41.5 Å². The Kier molecular flexibility index (Phi) is 7.37. The molecule has 2 aromatic rings. The van der Waals surface area contributed by atoms with E-state index in [0.29, 0.717) is 19.6 Å². The maximum absolute atomic E-state index is 12.7. The van der Waals surface area contributed by atoms with Gasteiger partial charge in [-0.1, -0.05) is 12.1 Å². The number of aromatic hydroxyl groups is 1. The second-order valence-corrected chi connectivity index (χ2v) is 6.89. The Morgan fingerprint density at radius 1 is 1.16 bits per heavy atom. The van der Waals surface area contributed by atoms with E-state index in [1.165, 1.54) is 0 Å². The van der Waals surface area contributed by atoms with Gasteiger partial charge >= 0.3 is 6.18 Å². The highest BCUT2D eigenvalue weighted by atomic mass is 19.4. The molecular weight excluding hydrogens is 411 g/mol. The van der Waals surface area contributed by atoms with Gasteiger partial charge in [0.05, 0.1) is 12.2 Å². The molecule has 168 valence electrons. The van der Waals surface area contributed by atoms with Crippen molar-refractivity contribution in [3.8, 4) is 5.75 Å². The molecule has 0 aliphatic carbocycles. The lowest BCUT2D eigenvalue weighted by Crippen LogP contribution is -2.52. The van der Waals surface area contributed by atoms with E-state index in [0.717, 1.165) is 50.1 Å².